The quantitative estimate of drug-likeness (QED) is 0.0168. The summed E-state index contributed by atoms with van der Waals surface area (Å²) in [4.78, 5) is 38.4. The summed E-state index contributed by atoms with van der Waals surface area (Å²) in [6.07, 6.45) is 39.1. The van der Waals surface area contributed by atoms with E-state index >= 15 is 0 Å². The zero-order chi connectivity index (χ0) is 58.0. The highest BCUT2D eigenvalue weighted by molar-refractivity contribution is 7.81. The Bertz CT molecular complexity index is 1830. The minimum atomic E-state index is -4.52. The third-order valence-electron chi connectivity index (χ3n) is 13.0. The Kier molecular flexibility index (Phi) is 48.2. The maximum atomic E-state index is 12.9. The van der Waals surface area contributed by atoms with Crippen molar-refractivity contribution < 1.29 is 80.1 Å². The lowest BCUT2D eigenvalue weighted by molar-refractivity contribution is -0.167. The van der Waals surface area contributed by atoms with Crippen molar-refractivity contribution in [2.75, 3.05) is 13.2 Å². The van der Waals surface area contributed by atoms with Gasteiger partial charge < -0.3 is 14.2 Å². The smallest absolute Gasteiger partial charge is 0.397 e. The maximum Gasteiger partial charge on any atom is 0.397 e. The largest absolute Gasteiger partial charge is 0.462 e. The highest BCUT2D eigenvalue weighted by atomic mass is 32.3. The topological polar surface area (TPSA) is 270 Å². The van der Waals surface area contributed by atoms with Gasteiger partial charge in [-0.15, -0.1) is 0 Å². The average molecular weight is 1170 g/mol. The Hall–Kier alpha value is -2.76. The molecule has 0 aromatic rings. The molecular formula is C57H104O18S3. The minimum Gasteiger partial charge on any atom is -0.462 e. The fourth-order valence-corrected chi connectivity index (χ4v) is 10.2. The summed E-state index contributed by atoms with van der Waals surface area (Å²) in [6, 6.07) is 0. The van der Waals surface area contributed by atoms with E-state index in [2.05, 4.69) is 20.8 Å². The van der Waals surface area contributed by atoms with Crippen LogP contribution in [0.3, 0.4) is 0 Å². The van der Waals surface area contributed by atoms with Crippen molar-refractivity contribution >= 4 is 49.1 Å². The number of unbranched alkanes of at least 4 members (excludes halogenated alkanes) is 24. The van der Waals surface area contributed by atoms with Crippen molar-refractivity contribution in [2.24, 2.45) is 0 Å². The zero-order valence-corrected chi connectivity index (χ0v) is 50.4. The van der Waals surface area contributed by atoms with Gasteiger partial charge in [0.25, 0.3) is 0 Å². The third-order valence-corrected chi connectivity index (χ3v) is 14.6. The highest BCUT2D eigenvalue weighted by Crippen LogP contribution is 2.19. The van der Waals surface area contributed by atoms with Crippen LogP contribution < -0.4 is 0 Å². The van der Waals surface area contributed by atoms with E-state index in [0.717, 1.165) is 173 Å². The number of esters is 3. The molecule has 21 heteroatoms. The van der Waals surface area contributed by atoms with Crippen LogP contribution in [-0.2, 0) is 72.3 Å². The lowest BCUT2D eigenvalue weighted by atomic mass is 10.1. The van der Waals surface area contributed by atoms with Crippen molar-refractivity contribution in [3.8, 4) is 0 Å². The molecule has 78 heavy (non-hydrogen) atoms. The molecular weight excluding hydrogens is 1070 g/mol. The van der Waals surface area contributed by atoms with E-state index in [4.69, 9.17) is 40.4 Å². The second-order valence-corrected chi connectivity index (χ2v) is 23.6. The Morgan fingerprint density at radius 1 is 0.346 bits per heavy atom. The molecule has 0 unspecified atom stereocenters. The molecule has 0 radical (unpaired) electrons. The molecule has 0 aliphatic heterocycles. The summed E-state index contributed by atoms with van der Waals surface area (Å²) in [5.74, 6) is -1.35. The van der Waals surface area contributed by atoms with Gasteiger partial charge in [0.1, 0.15) is 13.2 Å². The first-order valence-electron chi connectivity index (χ1n) is 29.7. The molecule has 0 saturated heterocycles. The Morgan fingerprint density at radius 3 is 0.910 bits per heavy atom. The molecule has 458 valence electrons. The predicted octanol–water partition coefficient (Wildman–Crippen LogP) is 14.5. The predicted molar refractivity (Wildman–Crippen MR) is 306 cm³/mol. The molecule has 0 aromatic carbocycles. The first kappa shape index (κ1) is 75.2. The summed E-state index contributed by atoms with van der Waals surface area (Å²) in [7, 11) is -13.6. The summed E-state index contributed by atoms with van der Waals surface area (Å²) in [5.41, 5.74) is 0. The fourth-order valence-electron chi connectivity index (χ4n) is 8.69. The second kappa shape index (κ2) is 50.0. The van der Waals surface area contributed by atoms with Crippen LogP contribution in [0.15, 0.2) is 36.5 Å². The van der Waals surface area contributed by atoms with E-state index in [1.54, 1.807) is 0 Å². The molecule has 0 rings (SSSR count). The van der Waals surface area contributed by atoms with Crippen LogP contribution >= 0.6 is 0 Å². The standard InChI is InChI=1S/C57H104O18S3/c1-4-7-10-31-40-51(73-76(61,62)63)43-34-25-19-13-16-22-28-37-46-55(58)70-49-54(72-57(60)48-39-30-24-18-15-21-27-36-45-53(75-78(67,68)69)42-33-12-9-6-3)50-71-56(59)47-38-29-23-17-14-20-26-35-44-52(74-77(64,65)66)41-32-11-8-5-2/h25-27,34-36,51-54H,4-24,28-33,37-50H2,1-3H3,(H,61,62,63)(H,64,65,66)(H,67,68,69)/b34-25-,35-26-,36-27-/t51-,52-,53-/m1/s1. The van der Waals surface area contributed by atoms with Crippen molar-refractivity contribution in [1.29, 1.82) is 0 Å². The van der Waals surface area contributed by atoms with Gasteiger partial charge in [-0.1, -0.05) is 192 Å². The lowest BCUT2D eigenvalue weighted by Crippen LogP contribution is -2.30. The molecule has 0 aliphatic carbocycles. The van der Waals surface area contributed by atoms with Gasteiger partial charge in [-0.3, -0.25) is 28.0 Å². The molecule has 0 saturated carbocycles. The fraction of sp³-hybridized carbons (Fsp3) is 0.842. The van der Waals surface area contributed by atoms with Crippen molar-refractivity contribution in [2.45, 2.75) is 296 Å². The Balaban J connectivity index is 4.89. The van der Waals surface area contributed by atoms with Gasteiger partial charge in [0.2, 0.25) is 0 Å². The molecule has 3 N–H and O–H groups in total. The number of rotatable bonds is 56. The number of carbonyl (C=O) groups is 3. The summed E-state index contributed by atoms with van der Waals surface area (Å²) >= 11 is 0. The first-order chi connectivity index (χ1) is 37.3. The molecule has 0 aliphatic rings. The van der Waals surface area contributed by atoms with Gasteiger partial charge in [-0.05, 0) is 96.3 Å². The molecule has 0 heterocycles. The van der Waals surface area contributed by atoms with Crippen LogP contribution in [0.5, 0.6) is 0 Å². The normalized spacial score (nSPS) is 13.7. The monoisotopic (exact) mass is 1170 g/mol. The highest BCUT2D eigenvalue weighted by Gasteiger charge is 2.21. The first-order valence-corrected chi connectivity index (χ1v) is 33.8. The molecule has 0 bridgehead atoms. The Labute approximate surface area is 472 Å². The van der Waals surface area contributed by atoms with Crippen LogP contribution in [-0.4, -0.2) is 94.4 Å². The van der Waals surface area contributed by atoms with E-state index in [-0.39, 0.29) is 32.5 Å². The molecule has 0 fully saturated rings. The second-order valence-electron chi connectivity index (χ2n) is 20.5. The van der Waals surface area contributed by atoms with Gasteiger partial charge in [-0.25, -0.2) is 12.5 Å². The van der Waals surface area contributed by atoms with E-state index in [1.165, 1.54) is 0 Å². The van der Waals surface area contributed by atoms with Gasteiger partial charge in [-0.2, -0.15) is 25.3 Å². The van der Waals surface area contributed by atoms with Gasteiger partial charge in [0.15, 0.2) is 6.10 Å². The van der Waals surface area contributed by atoms with E-state index in [1.807, 2.05) is 36.5 Å². The SMILES string of the molecule is CCCCCC[C@H](C/C=C\CCCCCCCC(=O)OCC(COC(=O)CCCCCCC/C=C\C[C@@H](CCCCCC)OS(=O)(=O)O)OC(=O)CCCCCCC/C=C\C[C@@H](CCCCCC)OS(=O)(=O)O)OS(=O)(=O)O. The summed E-state index contributed by atoms with van der Waals surface area (Å²) < 4.78 is 126. The number of hydrogen-bond donors (Lipinski definition) is 3. The molecule has 18 nitrogen and oxygen atoms in total. The maximum absolute atomic E-state index is 12.9. The van der Waals surface area contributed by atoms with Crippen molar-refractivity contribution in [3.63, 3.8) is 0 Å². The minimum absolute atomic E-state index is 0.154. The molecule has 0 spiro atoms. The number of ether oxygens (including phenoxy) is 3. The average Bonchev–Trinajstić information content (AvgIpc) is 3.36. The van der Waals surface area contributed by atoms with E-state index < -0.39 is 73.5 Å². The van der Waals surface area contributed by atoms with Crippen molar-refractivity contribution in [3.05, 3.63) is 36.5 Å². The Morgan fingerprint density at radius 2 is 0.615 bits per heavy atom. The van der Waals surface area contributed by atoms with Crippen LogP contribution in [0.2, 0.25) is 0 Å². The summed E-state index contributed by atoms with van der Waals surface area (Å²) in [5, 5.41) is 0. The molecule has 0 amide bonds. The van der Waals surface area contributed by atoms with E-state index in [9.17, 15) is 39.6 Å². The van der Waals surface area contributed by atoms with Gasteiger partial charge >= 0.3 is 49.1 Å². The number of carbonyl (C=O) groups excluding carboxylic acids is 3. The lowest BCUT2D eigenvalue weighted by Gasteiger charge is -2.18. The van der Waals surface area contributed by atoms with Crippen LogP contribution in [0.1, 0.15) is 271 Å². The summed E-state index contributed by atoms with van der Waals surface area (Å²) in [6.45, 7) is 5.81. The van der Waals surface area contributed by atoms with E-state index in [0.29, 0.717) is 57.8 Å². The van der Waals surface area contributed by atoms with Crippen molar-refractivity contribution in [1.82, 2.24) is 0 Å². The molecule has 0 aromatic heterocycles. The van der Waals surface area contributed by atoms with Gasteiger partial charge in [0, 0.05) is 19.3 Å². The zero-order valence-electron chi connectivity index (χ0n) is 48.0. The third kappa shape index (κ3) is 55.2. The van der Waals surface area contributed by atoms with Crippen LogP contribution in [0.25, 0.3) is 0 Å². The van der Waals surface area contributed by atoms with Crippen LogP contribution in [0, 0.1) is 0 Å². The molecule has 3 atom stereocenters. The number of hydrogen-bond acceptors (Lipinski definition) is 15. The van der Waals surface area contributed by atoms with Crippen LogP contribution in [0.4, 0.5) is 0 Å². The van der Waals surface area contributed by atoms with Gasteiger partial charge in [0.05, 0.1) is 18.3 Å². The number of allylic oxidation sites excluding steroid dienone is 3.